The summed E-state index contributed by atoms with van der Waals surface area (Å²) in [7, 11) is 0. The van der Waals surface area contributed by atoms with Crippen LogP contribution in [0.15, 0.2) is 12.1 Å². The zero-order valence-electron chi connectivity index (χ0n) is 8.23. The van der Waals surface area contributed by atoms with E-state index < -0.39 is 11.6 Å². The molecule has 0 saturated carbocycles. The maximum Gasteiger partial charge on any atom is 0.162 e. The maximum absolute atomic E-state index is 12.9. The summed E-state index contributed by atoms with van der Waals surface area (Å²) in [6.45, 7) is 3.50. The predicted molar refractivity (Wildman–Crippen MR) is 50.4 cm³/mol. The molecule has 1 rings (SSSR count). The molecule has 0 aliphatic heterocycles. The Hall–Kier alpha value is -1.25. The number of benzene rings is 1. The summed E-state index contributed by atoms with van der Waals surface area (Å²) in [5.41, 5.74) is 0.865. The van der Waals surface area contributed by atoms with Gasteiger partial charge in [0.25, 0.3) is 0 Å². The van der Waals surface area contributed by atoms with Gasteiger partial charge in [-0.3, -0.25) is 4.79 Å². The third-order valence-electron chi connectivity index (χ3n) is 2.15. The lowest BCUT2D eigenvalue weighted by atomic mass is 10.00. The summed E-state index contributed by atoms with van der Waals surface area (Å²) in [4.78, 5) is 11.4. The molecule has 1 aromatic rings. The van der Waals surface area contributed by atoms with Crippen LogP contribution in [0.25, 0.3) is 0 Å². The number of Topliss-reactive ketones (excluding diaryl/α,β-unsaturated/α-hetero) is 1. The van der Waals surface area contributed by atoms with Gasteiger partial charge >= 0.3 is 0 Å². The van der Waals surface area contributed by atoms with Crippen LogP contribution in [0.4, 0.5) is 8.78 Å². The van der Waals surface area contributed by atoms with Crippen molar-refractivity contribution in [1.29, 1.82) is 0 Å². The van der Waals surface area contributed by atoms with Crippen LogP contribution in [-0.2, 0) is 6.42 Å². The van der Waals surface area contributed by atoms with Gasteiger partial charge in [-0.15, -0.1) is 0 Å². The fraction of sp³-hybridized carbons (Fsp3) is 0.364. The Labute approximate surface area is 81.7 Å². The summed E-state index contributed by atoms with van der Waals surface area (Å²) >= 11 is 0. The van der Waals surface area contributed by atoms with Crippen LogP contribution in [0.3, 0.4) is 0 Å². The highest BCUT2D eigenvalue weighted by Crippen LogP contribution is 2.17. The van der Waals surface area contributed by atoms with Gasteiger partial charge < -0.3 is 0 Å². The highest BCUT2D eigenvalue weighted by molar-refractivity contribution is 5.97. The zero-order chi connectivity index (χ0) is 10.7. The predicted octanol–water partition coefficient (Wildman–Crippen LogP) is 3.12. The molecule has 1 aromatic carbocycles. The molecule has 14 heavy (non-hydrogen) atoms. The number of hydrogen-bond donors (Lipinski definition) is 0. The third-order valence-corrected chi connectivity index (χ3v) is 2.15. The fourth-order valence-electron chi connectivity index (χ4n) is 1.33. The van der Waals surface area contributed by atoms with Crippen molar-refractivity contribution < 1.29 is 13.6 Å². The van der Waals surface area contributed by atoms with E-state index in [0.29, 0.717) is 24.0 Å². The molecule has 0 fully saturated rings. The Morgan fingerprint density at radius 1 is 1.21 bits per heavy atom. The van der Waals surface area contributed by atoms with Gasteiger partial charge in [-0.2, -0.15) is 0 Å². The first-order valence-electron chi connectivity index (χ1n) is 4.61. The average Bonchev–Trinajstić information content (AvgIpc) is 2.20. The van der Waals surface area contributed by atoms with Gasteiger partial charge in [0.15, 0.2) is 17.4 Å². The highest BCUT2D eigenvalue weighted by atomic mass is 19.2. The van der Waals surface area contributed by atoms with Crippen molar-refractivity contribution in [3.8, 4) is 0 Å². The minimum atomic E-state index is -0.959. The van der Waals surface area contributed by atoms with Gasteiger partial charge in [0.2, 0.25) is 0 Å². The van der Waals surface area contributed by atoms with Crippen LogP contribution in [0.2, 0.25) is 0 Å². The van der Waals surface area contributed by atoms with E-state index in [1.807, 2.05) is 0 Å². The van der Waals surface area contributed by atoms with Crippen LogP contribution in [0.1, 0.15) is 36.2 Å². The van der Waals surface area contributed by atoms with Gasteiger partial charge in [0, 0.05) is 12.0 Å². The normalized spacial score (nSPS) is 10.3. The minimum absolute atomic E-state index is 0.152. The fourth-order valence-corrected chi connectivity index (χ4v) is 1.33. The number of carbonyl (C=O) groups is 1. The number of ketones is 1. The van der Waals surface area contributed by atoms with E-state index in [1.54, 1.807) is 13.8 Å². The van der Waals surface area contributed by atoms with E-state index in [4.69, 9.17) is 0 Å². The van der Waals surface area contributed by atoms with Crippen LogP contribution in [0.5, 0.6) is 0 Å². The Kier molecular flexibility index (Phi) is 3.33. The van der Waals surface area contributed by atoms with Crippen LogP contribution in [-0.4, -0.2) is 5.78 Å². The second-order valence-corrected chi connectivity index (χ2v) is 3.05. The Bertz CT molecular complexity index is 359. The molecular formula is C11H12F2O. The van der Waals surface area contributed by atoms with Crippen LogP contribution < -0.4 is 0 Å². The van der Waals surface area contributed by atoms with E-state index in [9.17, 15) is 13.6 Å². The summed E-state index contributed by atoms with van der Waals surface area (Å²) < 4.78 is 25.7. The molecule has 0 saturated heterocycles. The molecule has 0 aliphatic carbocycles. The molecule has 0 radical (unpaired) electrons. The molecule has 0 unspecified atom stereocenters. The molecule has 0 N–H and O–H groups in total. The van der Waals surface area contributed by atoms with Gasteiger partial charge in [0.05, 0.1) is 0 Å². The van der Waals surface area contributed by atoms with Crippen molar-refractivity contribution >= 4 is 5.78 Å². The average molecular weight is 198 g/mol. The van der Waals surface area contributed by atoms with Crippen LogP contribution in [0, 0.1) is 11.6 Å². The SMILES string of the molecule is CCC(=O)c1cc(F)c(F)cc1CC. The highest BCUT2D eigenvalue weighted by Gasteiger charge is 2.13. The molecule has 0 aromatic heterocycles. The monoisotopic (exact) mass is 198 g/mol. The largest absolute Gasteiger partial charge is 0.294 e. The lowest BCUT2D eigenvalue weighted by molar-refractivity contribution is 0.0986. The standard InChI is InChI=1S/C11H12F2O/c1-3-7-5-9(12)10(13)6-8(7)11(14)4-2/h5-6H,3-4H2,1-2H3. The smallest absolute Gasteiger partial charge is 0.162 e. The first kappa shape index (κ1) is 10.8. The van der Waals surface area contributed by atoms with Gasteiger partial charge in [-0.25, -0.2) is 8.78 Å². The summed E-state index contributed by atoms with van der Waals surface area (Å²) in [5, 5.41) is 0. The Morgan fingerprint density at radius 3 is 2.29 bits per heavy atom. The summed E-state index contributed by atoms with van der Waals surface area (Å²) in [6, 6.07) is 2.08. The second-order valence-electron chi connectivity index (χ2n) is 3.05. The third kappa shape index (κ3) is 1.97. The molecule has 0 aliphatic rings. The van der Waals surface area contributed by atoms with E-state index in [0.717, 1.165) is 12.1 Å². The molecule has 0 heterocycles. The van der Waals surface area contributed by atoms with Gasteiger partial charge in [-0.1, -0.05) is 13.8 Å². The number of halogens is 2. The molecule has 3 heteroatoms. The lowest BCUT2D eigenvalue weighted by Crippen LogP contribution is -2.04. The summed E-state index contributed by atoms with van der Waals surface area (Å²) in [5.74, 6) is -2.01. The quantitative estimate of drug-likeness (QED) is 0.682. The van der Waals surface area contributed by atoms with Crippen molar-refractivity contribution in [2.75, 3.05) is 0 Å². The molecule has 1 nitrogen and oxygen atoms in total. The maximum atomic E-state index is 12.9. The lowest BCUT2D eigenvalue weighted by Gasteiger charge is -2.06. The molecule has 0 amide bonds. The molecule has 76 valence electrons. The van der Waals surface area contributed by atoms with Crippen LogP contribution >= 0.6 is 0 Å². The van der Waals surface area contributed by atoms with Gasteiger partial charge in [-0.05, 0) is 24.1 Å². The van der Waals surface area contributed by atoms with Crippen molar-refractivity contribution in [2.45, 2.75) is 26.7 Å². The number of carbonyl (C=O) groups excluding carboxylic acids is 1. The van der Waals surface area contributed by atoms with E-state index in [2.05, 4.69) is 0 Å². The number of hydrogen-bond acceptors (Lipinski definition) is 1. The Balaban J connectivity index is 3.27. The van der Waals surface area contributed by atoms with Crippen molar-refractivity contribution in [1.82, 2.24) is 0 Å². The Morgan fingerprint density at radius 2 is 1.79 bits per heavy atom. The topological polar surface area (TPSA) is 17.1 Å². The van der Waals surface area contributed by atoms with E-state index in [-0.39, 0.29) is 5.78 Å². The zero-order valence-corrected chi connectivity index (χ0v) is 8.23. The van der Waals surface area contributed by atoms with Crippen molar-refractivity contribution in [3.63, 3.8) is 0 Å². The summed E-state index contributed by atoms with van der Waals surface area (Å²) in [6.07, 6.45) is 0.830. The van der Waals surface area contributed by atoms with Gasteiger partial charge in [0.1, 0.15) is 0 Å². The van der Waals surface area contributed by atoms with E-state index in [1.165, 1.54) is 0 Å². The van der Waals surface area contributed by atoms with Crippen molar-refractivity contribution in [3.05, 3.63) is 34.9 Å². The van der Waals surface area contributed by atoms with E-state index >= 15 is 0 Å². The molecule has 0 spiro atoms. The first-order valence-corrected chi connectivity index (χ1v) is 4.61. The number of aryl methyl sites for hydroxylation is 1. The first-order chi connectivity index (χ1) is 6.60. The molecule has 0 atom stereocenters. The second kappa shape index (κ2) is 4.31. The molecule has 0 bridgehead atoms. The molecular weight excluding hydrogens is 186 g/mol. The minimum Gasteiger partial charge on any atom is -0.294 e. The van der Waals surface area contributed by atoms with Crippen molar-refractivity contribution in [2.24, 2.45) is 0 Å². The number of rotatable bonds is 3.